The van der Waals surface area contributed by atoms with E-state index >= 15 is 0 Å². The summed E-state index contributed by atoms with van der Waals surface area (Å²) in [4.78, 5) is 17.8. The van der Waals surface area contributed by atoms with E-state index in [1.165, 1.54) is 48.4 Å². The monoisotopic (exact) mass is 642 g/mol. The van der Waals surface area contributed by atoms with Gasteiger partial charge in [0, 0.05) is 42.8 Å². The lowest BCUT2D eigenvalue weighted by molar-refractivity contribution is 1.00. The molecule has 0 fully saturated rings. The van der Waals surface area contributed by atoms with Crippen molar-refractivity contribution in [3.05, 3.63) is 158 Å². The van der Waals surface area contributed by atoms with E-state index in [0.717, 1.165) is 16.7 Å². The molecule has 4 nitrogen and oxygen atoms in total. The van der Waals surface area contributed by atoms with Gasteiger partial charge in [0.1, 0.15) is 0 Å². The molecule has 5 heteroatoms. The standard InChI is InChI=1S/C43H38N4S/c1-7-16-29(17-8-2)41-44-42(30(18-9-3)19-10-4)46-43(45-41)31-26-27-38-34(28-31)40-37(24-15-25-39(40)48(38,5)6)47-35-22-13-11-20-32(35)33-21-12-14-23-36(33)47/h7-28H,1,3H2,2,4-6H3/b17-8-,19-10-,29-16+,30-18+. The molecule has 3 heterocycles. The van der Waals surface area contributed by atoms with Crippen molar-refractivity contribution >= 4 is 43.0 Å². The Morgan fingerprint density at radius 3 is 1.81 bits per heavy atom. The maximum Gasteiger partial charge on any atom is 0.164 e. The quantitative estimate of drug-likeness (QED) is 0.155. The number of rotatable bonds is 8. The molecule has 0 atom stereocenters. The van der Waals surface area contributed by atoms with Gasteiger partial charge in [-0.05, 0) is 68.3 Å². The predicted octanol–water partition coefficient (Wildman–Crippen LogP) is 11.4. The van der Waals surface area contributed by atoms with Crippen molar-refractivity contribution in [1.29, 1.82) is 0 Å². The average Bonchev–Trinajstić information content (AvgIpc) is 3.56. The number of hydrogen-bond donors (Lipinski definition) is 0. The zero-order chi connectivity index (χ0) is 33.4. The third-order valence-corrected chi connectivity index (χ3v) is 11.8. The highest BCUT2D eigenvalue weighted by molar-refractivity contribution is 8.33. The molecule has 1 aliphatic rings. The minimum absolute atomic E-state index is 0.588. The Labute approximate surface area is 284 Å². The fourth-order valence-corrected chi connectivity index (χ4v) is 9.30. The molecule has 0 bridgehead atoms. The van der Waals surface area contributed by atoms with Gasteiger partial charge < -0.3 is 4.57 Å². The molecule has 1 aliphatic heterocycles. The van der Waals surface area contributed by atoms with Gasteiger partial charge in [-0.25, -0.2) is 15.0 Å². The summed E-state index contributed by atoms with van der Waals surface area (Å²) >= 11 is 0. The first-order chi connectivity index (χ1) is 23.4. The molecule has 4 aromatic carbocycles. The number of benzene rings is 4. The third kappa shape index (κ3) is 5.08. The van der Waals surface area contributed by atoms with Crippen LogP contribution in [-0.2, 0) is 0 Å². The van der Waals surface area contributed by atoms with Gasteiger partial charge in [-0.1, -0.05) is 110 Å². The average molecular weight is 643 g/mol. The van der Waals surface area contributed by atoms with Gasteiger partial charge in [-0.3, -0.25) is 0 Å². The molecule has 0 N–H and O–H groups in total. The van der Waals surface area contributed by atoms with Gasteiger partial charge in [-0.15, -0.1) is 0 Å². The topological polar surface area (TPSA) is 43.6 Å². The minimum atomic E-state index is -1.28. The van der Waals surface area contributed by atoms with Gasteiger partial charge in [0.05, 0.1) is 16.7 Å². The fourth-order valence-electron chi connectivity index (χ4n) is 6.80. The maximum absolute atomic E-state index is 5.05. The van der Waals surface area contributed by atoms with Crippen LogP contribution in [0.1, 0.15) is 25.5 Å². The van der Waals surface area contributed by atoms with Crippen molar-refractivity contribution in [1.82, 2.24) is 19.5 Å². The van der Waals surface area contributed by atoms with E-state index in [-0.39, 0.29) is 0 Å². The Bertz CT molecular complexity index is 2280. The highest BCUT2D eigenvalue weighted by Crippen LogP contribution is 2.68. The van der Waals surface area contributed by atoms with E-state index < -0.39 is 10.0 Å². The summed E-state index contributed by atoms with van der Waals surface area (Å²) in [6.07, 6.45) is 20.2. The van der Waals surface area contributed by atoms with E-state index in [0.29, 0.717) is 17.5 Å². The molecule has 0 radical (unpaired) electrons. The Balaban J connectivity index is 1.50. The molecule has 2 aromatic heterocycles. The van der Waals surface area contributed by atoms with Crippen molar-refractivity contribution < 1.29 is 0 Å². The first-order valence-electron chi connectivity index (χ1n) is 16.1. The van der Waals surface area contributed by atoms with Crippen molar-refractivity contribution in [2.45, 2.75) is 23.6 Å². The fraction of sp³-hybridized carbons (Fsp3) is 0.0930. The van der Waals surface area contributed by atoms with E-state index in [4.69, 9.17) is 15.0 Å². The summed E-state index contributed by atoms with van der Waals surface area (Å²) < 4.78 is 2.44. The van der Waals surface area contributed by atoms with Crippen LogP contribution in [0.3, 0.4) is 0 Å². The van der Waals surface area contributed by atoms with Crippen molar-refractivity contribution in [3.8, 4) is 28.2 Å². The van der Waals surface area contributed by atoms with Gasteiger partial charge in [0.2, 0.25) is 0 Å². The summed E-state index contributed by atoms with van der Waals surface area (Å²) in [6, 6.07) is 30.9. The molecule has 7 rings (SSSR count). The second-order valence-electron chi connectivity index (χ2n) is 12.1. The number of nitrogens with zero attached hydrogens (tertiary/aromatic N) is 4. The van der Waals surface area contributed by atoms with E-state index in [9.17, 15) is 0 Å². The van der Waals surface area contributed by atoms with Crippen LogP contribution in [0.5, 0.6) is 0 Å². The zero-order valence-corrected chi connectivity index (χ0v) is 28.6. The highest BCUT2D eigenvalue weighted by atomic mass is 32.3. The van der Waals surface area contributed by atoms with Crippen LogP contribution in [0.4, 0.5) is 0 Å². The molecule has 0 spiro atoms. The maximum atomic E-state index is 5.05. The lowest BCUT2D eigenvalue weighted by Gasteiger charge is -2.28. The highest BCUT2D eigenvalue weighted by Gasteiger charge is 2.34. The minimum Gasteiger partial charge on any atom is -0.309 e. The first kappa shape index (κ1) is 31.1. The van der Waals surface area contributed by atoms with Crippen molar-refractivity contribution in [3.63, 3.8) is 0 Å². The summed E-state index contributed by atoms with van der Waals surface area (Å²) in [5.74, 6) is 1.79. The number of fused-ring (bicyclic) bond motifs is 6. The molecular weight excluding hydrogens is 605 g/mol. The smallest absolute Gasteiger partial charge is 0.164 e. The molecule has 0 saturated heterocycles. The molecular formula is C43H38N4S. The van der Waals surface area contributed by atoms with Crippen molar-refractivity contribution in [2.24, 2.45) is 0 Å². The molecule has 0 amide bonds. The second-order valence-corrected chi connectivity index (χ2v) is 15.6. The number of hydrogen-bond acceptors (Lipinski definition) is 3. The molecule has 48 heavy (non-hydrogen) atoms. The molecule has 0 saturated carbocycles. The lowest BCUT2D eigenvalue weighted by atomic mass is 10.0. The SMILES string of the molecule is C=C/C=C(\C=C/C)c1nc(C(/C=C\C)=C/C=C)nc(-c2ccc3c(c2)-c2c(-n4c5ccccc5c5ccccc54)cccc2S3(C)C)n1. The Hall–Kier alpha value is -5.52. The summed E-state index contributed by atoms with van der Waals surface area (Å²) in [6.45, 7) is 11.8. The number of allylic oxidation sites excluding steroid dienone is 10. The molecule has 0 unspecified atom stereocenters. The largest absolute Gasteiger partial charge is 0.309 e. The van der Waals surface area contributed by atoms with Gasteiger partial charge >= 0.3 is 0 Å². The van der Waals surface area contributed by atoms with Gasteiger partial charge in [0.15, 0.2) is 17.5 Å². The van der Waals surface area contributed by atoms with Gasteiger partial charge in [-0.2, -0.15) is 10.0 Å². The number of para-hydroxylation sites is 2. The normalized spacial score (nSPS) is 14.9. The predicted molar refractivity (Wildman–Crippen MR) is 207 cm³/mol. The van der Waals surface area contributed by atoms with Crippen LogP contribution in [-0.4, -0.2) is 32.0 Å². The van der Waals surface area contributed by atoms with Gasteiger partial charge in [0.25, 0.3) is 0 Å². The van der Waals surface area contributed by atoms with Crippen LogP contribution in [0.25, 0.3) is 61.2 Å². The Morgan fingerprint density at radius 1 is 0.667 bits per heavy atom. The Kier molecular flexibility index (Phi) is 8.16. The van der Waals surface area contributed by atoms with E-state index in [1.807, 2.05) is 50.3 Å². The summed E-state index contributed by atoms with van der Waals surface area (Å²) in [5, 5.41) is 2.51. The van der Waals surface area contributed by atoms with Crippen LogP contribution in [0, 0.1) is 0 Å². The molecule has 0 aliphatic carbocycles. The number of aromatic nitrogens is 4. The van der Waals surface area contributed by atoms with Crippen LogP contribution >= 0.6 is 10.0 Å². The Morgan fingerprint density at radius 2 is 1.25 bits per heavy atom. The first-order valence-corrected chi connectivity index (χ1v) is 18.5. The van der Waals surface area contributed by atoms with Crippen molar-refractivity contribution in [2.75, 3.05) is 12.5 Å². The zero-order valence-electron chi connectivity index (χ0n) is 27.8. The third-order valence-electron chi connectivity index (χ3n) is 8.87. The van der Waals surface area contributed by atoms with Crippen LogP contribution in [0.2, 0.25) is 0 Å². The lowest BCUT2D eigenvalue weighted by Crippen LogP contribution is -2.04. The van der Waals surface area contributed by atoms with E-state index in [2.05, 4.69) is 115 Å². The summed E-state index contributed by atoms with van der Waals surface area (Å²) in [7, 11) is -1.28. The second kappa shape index (κ2) is 12.6. The molecule has 6 aromatic rings. The van der Waals surface area contributed by atoms with Crippen LogP contribution in [0.15, 0.2) is 156 Å². The van der Waals surface area contributed by atoms with E-state index in [1.54, 1.807) is 12.2 Å². The molecule has 236 valence electrons. The van der Waals surface area contributed by atoms with Crippen LogP contribution < -0.4 is 0 Å². The summed E-state index contributed by atoms with van der Waals surface area (Å²) in [5.41, 5.74) is 8.76.